The number of aliphatic hydroxyl groups is 2. The number of carbonyl (C=O) groups excluding carboxylic acids is 1. The highest BCUT2D eigenvalue weighted by Gasteiger charge is 2.39. The fourth-order valence-electron chi connectivity index (χ4n) is 2.61. The van der Waals surface area contributed by atoms with Crippen LogP contribution in [-0.4, -0.2) is 35.0 Å². The minimum atomic E-state index is -1.54. The Labute approximate surface area is 156 Å². The molecular formula is C20H24O7. The van der Waals surface area contributed by atoms with Crippen LogP contribution in [0.5, 0.6) is 5.75 Å². The molecule has 0 spiro atoms. The summed E-state index contributed by atoms with van der Waals surface area (Å²) < 4.78 is 15.8. The number of hydrogen-bond donors (Lipinski definition) is 2. The topological polar surface area (TPSA) is 106 Å². The number of ether oxygens (including phenoxy) is 2. The molecular weight excluding hydrogens is 352 g/mol. The number of carbonyl (C=O) groups is 1. The Kier molecular flexibility index (Phi) is 6.08. The highest BCUT2D eigenvalue weighted by Crippen LogP contribution is 2.35. The van der Waals surface area contributed by atoms with Gasteiger partial charge in [-0.15, -0.1) is 0 Å². The molecule has 0 aliphatic carbocycles. The van der Waals surface area contributed by atoms with Crippen molar-refractivity contribution >= 4 is 16.9 Å². The maximum atomic E-state index is 12.2. The Balaban J connectivity index is 2.53. The lowest BCUT2D eigenvalue weighted by atomic mass is 9.91. The molecule has 0 saturated carbocycles. The predicted molar refractivity (Wildman–Crippen MR) is 99.6 cm³/mol. The van der Waals surface area contributed by atoms with Crippen LogP contribution in [0.1, 0.15) is 39.4 Å². The van der Waals surface area contributed by atoms with Gasteiger partial charge in [-0.2, -0.15) is 0 Å². The average Bonchev–Trinajstić information content (AvgIpc) is 2.62. The first-order chi connectivity index (χ1) is 12.6. The molecule has 2 aromatic rings. The summed E-state index contributed by atoms with van der Waals surface area (Å²) in [7, 11) is 1.40. The number of methoxy groups -OCH3 is 1. The van der Waals surface area contributed by atoms with E-state index in [1.165, 1.54) is 33.1 Å². The summed E-state index contributed by atoms with van der Waals surface area (Å²) in [6.45, 7) is 6.14. The molecule has 27 heavy (non-hydrogen) atoms. The third kappa shape index (κ3) is 4.56. The number of allylic oxidation sites excluding steroid dienone is 1. The van der Waals surface area contributed by atoms with Crippen molar-refractivity contribution in [2.45, 2.75) is 45.5 Å². The molecule has 2 N–H and O–H groups in total. The van der Waals surface area contributed by atoms with Crippen LogP contribution in [0.2, 0.25) is 0 Å². The van der Waals surface area contributed by atoms with Gasteiger partial charge in [-0.25, -0.2) is 9.59 Å². The number of fused-ring (bicyclic) bond motifs is 1. The Morgan fingerprint density at radius 3 is 2.52 bits per heavy atom. The molecule has 2 rings (SSSR count). The van der Waals surface area contributed by atoms with E-state index in [9.17, 15) is 19.8 Å². The third-order valence-corrected chi connectivity index (χ3v) is 4.26. The smallest absolute Gasteiger partial charge is 0.336 e. The Hall–Kier alpha value is -2.64. The second kappa shape index (κ2) is 7.94. The molecule has 1 heterocycles. The third-order valence-electron chi connectivity index (χ3n) is 4.26. The number of benzene rings is 1. The Morgan fingerprint density at radius 1 is 1.30 bits per heavy atom. The summed E-state index contributed by atoms with van der Waals surface area (Å²) in [6.07, 6.45) is -1.07. The van der Waals surface area contributed by atoms with Crippen LogP contribution >= 0.6 is 0 Å². The number of rotatable bonds is 6. The van der Waals surface area contributed by atoms with Gasteiger partial charge in [-0.05, 0) is 39.8 Å². The van der Waals surface area contributed by atoms with E-state index in [1.807, 2.05) is 0 Å². The standard InChI is InChI=1S/C20H24O7/c1-6-11(2)19(23)27-18(20(3,4)24)17(22)13-9-12-7-8-16(21)26-14(12)10-15(13)25-5/h6-10,17-18,22,24H,1-5H3/b11-6+/t17-,18+/m0/s1. The minimum Gasteiger partial charge on any atom is -0.496 e. The first-order valence-corrected chi connectivity index (χ1v) is 8.44. The molecule has 0 unspecified atom stereocenters. The summed E-state index contributed by atoms with van der Waals surface area (Å²) in [4.78, 5) is 23.6. The van der Waals surface area contributed by atoms with E-state index < -0.39 is 29.4 Å². The molecule has 0 aliphatic rings. The van der Waals surface area contributed by atoms with Crippen LogP contribution in [0.3, 0.4) is 0 Å². The van der Waals surface area contributed by atoms with Crippen LogP contribution in [0.15, 0.2) is 45.1 Å². The molecule has 2 atom stereocenters. The van der Waals surface area contributed by atoms with E-state index >= 15 is 0 Å². The summed E-state index contributed by atoms with van der Waals surface area (Å²) in [5, 5.41) is 21.9. The summed E-state index contributed by atoms with van der Waals surface area (Å²) in [6, 6.07) is 5.84. The van der Waals surface area contributed by atoms with Crippen molar-refractivity contribution in [3.63, 3.8) is 0 Å². The van der Waals surface area contributed by atoms with Crippen LogP contribution in [0, 0.1) is 0 Å². The molecule has 0 fully saturated rings. The van der Waals surface area contributed by atoms with E-state index in [0.717, 1.165) is 0 Å². The fraction of sp³-hybridized carbons (Fsp3) is 0.400. The van der Waals surface area contributed by atoms with E-state index in [4.69, 9.17) is 13.9 Å². The molecule has 0 bridgehead atoms. The zero-order valence-electron chi connectivity index (χ0n) is 16.0. The van der Waals surface area contributed by atoms with E-state index in [-0.39, 0.29) is 16.9 Å². The van der Waals surface area contributed by atoms with Gasteiger partial charge in [0.1, 0.15) is 17.4 Å². The molecule has 0 aliphatic heterocycles. The molecule has 0 amide bonds. The van der Waals surface area contributed by atoms with Crippen molar-refractivity contribution in [3.05, 3.63) is 51.9 Å². The van der Waals surface area contributed by atoms with Gasteiger partial charge in [0.05, 0.1) is 12.7 Å². The van der Waals surface area contributed by atoms with Crippen molar-refractivity contribution in [3.8, 4) is 5.75 Å². The van der Waals surface area contributed by atoms with Crippen molar-refractivity contribution in [1.82, 2.24) is 0 Å². The maximum absolute atomic E-state index is 12.2. The number of aliphatic hydroxyl groups excluding tert-OH is 1. The lowest BCUT2D eigenvalue weighted by Crippen LogP contribution is -2.44. The molecule has 0 saturated heterocycles. The van der Waals surface area contributed by atoms with Crippen molar-refractivity contribution in [1.29, 1.82) is 0 Å². The first-order valence-electron chi connectivity index (χ1n) is 8.44. The number of esters is 1. The van der Waals surface area contributed by atoms with E-state index in [0.29, 0.717) is 11.0 Å². The van der Waals surface area contributed by atoms with Gasteiger partial charge >= 0.3 is 11.6 Å². The van der Waals surface area contributed by atoms with Gasteiger partial charge in [0.2, 0.25) is 0 Å². The fourth-order valence-corrected chi connectivity index (χ4v) is 2.61. The summed E-state index contributed by atoms with van der Waals surface area (Å²) in [5.41, 5.74) is -1.12. The van der Waals surface area contributed by atoms with Crippen LogP contribution in [-0.2, 0) is 9.53 Å². The molecule has 7 nitrogen and oxygen atoms in total. The van der Waals surface area contributed by atoms with Crippen LogP contribution in [0.25, 0.3) is 11.0 Å². The Morgan fingerprint density at radius 2 is 1.96 bits per heavy atom. The zero-order chi connectivity index (χ0) is 20.4. The minimum absolute atomic E-state index is 0.234. The van der Waals surface area contributed by atoms with Gasteiger partial charge < -0.3 is 24.1 Å². The van der Waals surface area contributed by atoms with Crippen LogP contribution in [0.4, 0.5) is 0 Å². The quantitative estimate of drug-likeness (QED) is 0.453. The SMILES string of the molecule is C/C=C(\C)C(=O)O[C@H]([C@@H](O)c1cc2ccc(=O)oc2cc1OC)C(C)(C)O. The summed E-state index contributed by atoms with van der Waals surface area (Å²) in [5.74, 6) is -0.410. The Bertz CT molecular complexity index is 918. The highest BCUT2D eigenvalue weighted by atomic mass is 16.6. The average molecular weight is 376 g/mol. The van der Waals surface area contributed by atoms with Gasteiger partial charge in [0, 0.05) is 28.7 Å². The van der Waals surface area contributed by atoms with Crippen molar-refractivity contribution < 1.29 is 28.9 Å². The zero-order valence-corrected chi connectivity index (χ0v) is 16.0. The molecule has 7 heteroatoms. The highest BCUT2D eigenvalue weighted by molar-refractivity contribution is 5.88. The first kappa shape index (κ1) is 20.7. The normalized spacial score (nSPS) is 14.7. The van der Waals surface area contributed by atoms with Gasteiger partial charge in [0.15, 0.2) is 6.10 Å². The lowest BCUT2D eigenvalue weighted by Gasteiger charge is -2.33. The second-order valence-corrected chi connectivity index (χ2v) is 6.78. The summed E-state index contributed by atoms with van der Waals surface area (Å²) >= 11 is 0. The predicted octanol–water partition coefficient (Wildman–Crippen LogP) is 2.48. The van der Waals surface area contributed by atoms with E-state index in [1.54, 1.807) is 32.1 Å². The molecule has 0 radical (unpaired) electrons. The van der Waals surface area contributed by atoms with Gasteiger partial charge in [-0.3, -0.25) is 0 Å². The van der Waals surface area contributed by atoms with Crippen molar-refractivity contribution in [2.24, 2.45) is 0 Å². The molecule has 1 aromatic heterocycles. The van der Waals surface area contributed by atoms with E-state index in [2.05, 4.69) is 0 Å². The van der Waals surface area contributed by atoms with Crippen molar-refractivity contribution in [2.75, 3.05) is 7.11 Å². The monoisotopic (exact) mass is 376 g/mol. The largest absolute Gasteiger partial charge is 0.496 e. The second-order valence-electron chi connectivity index (χ2n) is 6.78. The number of hydrogen-bond acceptors (Lipinski definition) is 7. The molecule has 1 aromatic carbocycles. The van der Waals surface area contributed by atoms with Gasteiger partial charge in [-0.1, -0.05) is 6.08 Å². The maximum Gasteiger partial charge on any atom is 0.336 e. The van der Waals surface area contributed by atoms with Crippen LogP contribution < -0.4 is 10.4 Å². The van der Waals surface area contributed by atoms with Gasteiger partial charge in [0.25, 0.3) is 0 Å². The lowest BCUT2D eigenvalue weighted by molar-refractivity contribution is -0.172. The molecule has 146 valence electrons.